The van der Waals surface area contributed by atoms with Gasteiger partial charge < -0.3 is 19.7 Å². The van der Waals surface area contributed by atoms with Crippen molar-refractivity contribution in [3.63, 3.8) is 0 Å². The number of cyclic esters (lactones) is 1. The van der Waals surface area contributed by atoms with Gasteiger partial charge in [0.15, 0.2) is 0 Å². The van der Waals surface area contributed by atoms with Crippen molar-refractivity contribution in [1.29, 1.82) is 0 Å². The molecule has 0 radical (unpaired) electrons. The monoisotopic (exact) mass is 453 g/mol. The number of morpholine rings is 1. The molecule has 1 N–H and O–H groups in total. The maximum atomic E-state index is 14.6. The Hall–Kier alpha value is -2.69. The van der Waals surface area contributed by atoms with Gasteiger partial charge in [0.25, 0.3) is 11.8 Å². The van der Waals surface area contributed by atoms with E-state index in [4.69, 9.17) is 21.1 Å². The first-order valence-electron chi connectivity index (χ1n) is 9.11. The Morgan fingerprint density at radius 1 is 1.27 bits per heavy atom. The minimum Gasteiger partial charge on any atom is -0.442 e. The zero-order chi connectivity index (χ0) is 21.3. The number of rotatable bonds is 5. The molecule has 1 aromatic carbocycles. The van der Waals surface area contributed by atoms with Crippen LogP contribution in [0.4, 0.5) is 20.6 Å². The number of nitrogens with zero attached hydrogens (tertiary/aromatic N) is 2. The summed E-state index contributed by atoms with van der Waals surface area (Å²) in [6.07, 6.45) is -1.22. The topological polar surface area (TPSA) is 88.2 Å². The fraction of sp³-hybridized carbons (Fsp3) is 0.316. The largest absolute Gasteiger partial charge is 0.442 e. The van der Waals surface area contributed by atoms with Gasteiger partial charge in [0.2, 0.25) is 0 Å². The maximum absolute atomic E-state index is 14.6. The van der Waals surface area contributed by atoms with E-state index < -0.39 is 18.0 Å². The Labute approximate surface area is 180 Å². The van der Waals surface area contributed by atoms with E-state index in [1.165, 1.54) is 21.9 Å². The summed E-state index contributed by atoms with van der Waals surface area (Å²) in [6.45, 7) is 0.762. The number of hydrogen-bond donors (Lipinski definition) is 1. The van der Waals surface area contributed by atoms with Gasteiger partial charge in [0.1, 0.15) is 18.5 Å². The quantitative estimate of drug-likeness (QED) is 0.752. The van der Waals surface area contributed by atoms with Gasteiger partial charge in [-0.05, 0) is 30.3 Å². The van der Waals surface area contributed by atoms with Crippen molar-refractivity contribution in [3.8, 4) is 0 Å². The zero-order valence-corrected chi connectivity index (χ0v) is 17.2. The van der Waals surface area contributed by atoms with Crippen molar-refractivity contribution in [2.45, 2.75) is 6.10 Å². The highest BCUT2D eigenvalue weighted by atomic mass is 35.5. The van der Waals surface area contributed by atoms with Crippen LogP contribution in [-0.2, 0) is 14.3 Å². The lowest BCUT2D eigenvalue weighted by Crippen LogP contribution is -2.42. The third-order valence-electron chi connectivity index (χ3n) is 4.68. The molecule has 0 saturated carbocycles. The molecular weight excluding hydrogens is 437 g/mol. The normalized spacial score (nSPS) is 19.2. The standard InChI is InChI=1S/C19H17ClFN3O5S/c20-16-4-3-15(30-16)18(26)22-8-12-9-24(19(27)29-12)11-1-2-14(13(21)7-11)23-5-6-28-10-17(23)25/h1-4,7,12H,5-6,8-10H2,(H,22,26). The number of hydrogen-bond acceptors (Lipinski definition) is 6. The van der Waals surface area contributed by atoms with Crippen molar-refractivity contribution >= 4 is 52.2 Å². The van der Waals surface area contributed by atoms with Crippen LogP contribution in [0.5, 0.6) is 0 Å². The first-order valence-corrected chi connectivity index (χ1v) is 10.3. The van der Waals surface area contributed by atoms with Gasteiger partial charge in [-0.3, -0.25) is 14.5 Å². The molecule has 3 heterocycles. The summed E-state index contributed by atoms with van der Waals surface area (Å²) in [7, 11) is 0. The predicted octanol–water partition coefficient (Wildman–Crippen LogP) is 2.66. The fourth-order valence-electron chi connectivity index (χ4n) is 3.22. The van der Waals surface area contributed by atoms with Crippen molar-refractivity contribution < 1.29 is 28.2 Å². The number of amides is 3. The Kier molecular flexibility index (Phi) is 5.89. The molecule has 0 spiro atoms. The minimum atomic E-state index is -0.636. The lowest BCUT2D eigenvalue weighted by Gasteiger charge is -2.27. The second-order valence-corrected chi connectivity index (χ2v) is 8.38. The molecule has 2 aliphatic rings. The molecule has 2 saturated heterocycles. The molecule has 1 atom stereocenters. The lowest BCUT2D eigenvalue weighted by molar-refractivity contribution is -0.125. The zero-order valence-electron chi connectivity index (χ0n) is 15.6. The van der Waals surface area contributed by atoms with Crippen molar-refractivity contribution in [2.24, 2.45) is 0 Å². The van der Waals surface area contributed by atoms with E-state index in [1.807, 2.05) is 0 Å². The smallest absolute Gasteiger partial charge is 0.414 e. The van der Waals surface area contributed by atoms with Gasteiger partial charge >= 0.3 is 6.09 Å². The summed E-state index contributed by atoms with van der Waals surface area (Å²) >= 11 is 6.97. The molecule has 11 heteroatoms. The molecular formula is C19H17ClFN3O5S. The van der Waals surface area contributed by atoms with Crippen LogP contribution in [0.1, 0.15) is 9.67 Å². The van der Waals surface area contributed by atoms with Gasteiger partial charge in [-0.1, -0.05) is 11.6 Å². The molecule has 0 aliphatic carbocycles. The van der Waals surface area contributed by atoms with Gasteiger partial charge in [-0.15, -0.1) is 11.3 Å². The summed E-state index contributed by atoms with van der Waals surface area (Å²) in [5, 5.41) is 2.69. The number of anilines is 2. The third kappa shape index (κ3) is 4.25. The van der Waals surface area contributed by atoms with Crippen LogP contribution in [0.25, 0.3) is 0 Å². The Morgan fingerprint density at radius 2 is 2.10 bits per heavy atom. The summed E-state index contributed by atoms with van der Waals surface area (Å²) < 4.78 is 25.5. The Morgan fingerprint density at radius 3 is 2.80 bits per heavy atom. The van der Waals surface area contributed by atoms with Crippen LogP contribution in [0.15, 0.2) is 30.3 Å². The van der Waals surface area contributed by atoms with Crippen LogP contribution in [0.2, 0.25) is 4.34 Å². The SMILES string of the molecule is O=C(NCC1CN(c2ccc(N3CCOCC3=O)c(F)c2)C(=O)O1)c1ccc(Cl)s1. The van der Waals surface area contributed by atoms with Crippen LogP contribution in [-0.4, -0.2) is 56.9 Å². The van der Waals surface area contributed by atoms with E-state index in [0.717, 1.165) is 11.3 Å². The van der Waals surface area contributed by atoms with Gasteiger partial charge in [-0.25, -0.2) is 9.18 Å². The van der Waals surface area contributed by atoms with Crippen molar-refractivity contribution in [1.82, 2.24) is 5.32 Å². The van der Waals surface area contributed by atoms with Crippen LogP contribution in [0, 0.1) is 5.82 Å². The molecule has 1 unspecified atom stereocenters. The molecule has 2 aliphatic heterocycles. The highest BCUT2D eigenvalue weighted by Gasteiger charge is 2.33. The summed E-state index contributed by atoms with van der Waals surface area (Å²) in [5.74, 6) is -1.26. The van der Waals surface area contributed by atoms with Crippen LogP contribution >= 0.6 is 22.9 Å². The molecule has 8 nitrogen and oxygen atoms in total. The number of benzene rings is 1. The van der Waals surface area contributed by atoms with Crippen LogP contribution < -0.4 is 15.1 Å². The highest BCUT2D eigenvalue weighted by Crippen LogP contribution is 2.28. The number of halogens is 2. The molecule has 0 bridgehead atoms. The first kappa shape index (κ1) is 20.6. The molecule has 158 valence electrons. The Balaban J connectivity index is 1.39. The van der Waals surface area contributed by atoms with Crippen molar-refractivity contribution in [3.05, 3.63) is 45.4 Å². The van der Waals surface area contributed by atoms with Gasteiger partial charge in [0, 0.05) is 6.54 Å². The first-order chi connectivity index (χ1) is 14.4. The van der Waals surface area contributed by atoms with E-state index in [1.54, 1.807) is 18.2 Å². The number of nitrogens with one attached hydrogen (secondary N) is 1. The van der Waals surface area contributed by atoms with E-state index >= 15 is 0 Å². The van der Waals surface area contributed by atoms with E-state index in [9.17, 15) is 18.8 Å². The molecule has 30 heavy (non-hydrogen) atoms. The number of carbonyl (C=O) groups excluding carboxylic acids is 3. The average molecular weight is 454 g/mol. The van der Waals surface area contributed by atoms with Gasteiger partial charge in [-0.2, -0.15) is 0 Å². The molecule has 2 aromatic rings. The fourth-order valence-corrected chi connectivity index (χ4v) is 4.18. The summed E-state index contributed by atoms with van der Waals surface area (Å²) in [6, 6.07) is 7.43. The maximum Gasteiger partial charge on any atom is 0.414 e. The number of carbonyl (C=O) groups is 3. The molecule has 2 fully saturated rings. The second kappa shape index (κ2) is 8.58. The van der Waals surface area contributed by atoms with E-state index in [0.29, 0.717) is 21.5 Å². The summed E-state index contributed by atoms with van der Waals surface area (Å²) in [5.41, 5.74) is 0.443. The predicted molar refractivity (Wildman–Crippen MR) is 109 cm³/mol. The third-order valence-corrected chi connectivity index (χ3v) is 5.91. The Bertz CT molecular complexity index is 1000. The lowest BCUT2D eigenvalue weighted by atomic mass is 10.2. The minimum absolute atomic E-state index is 0.0925. The van der Waals surface area contributed by atoms with Crippen LogP contribution in [0.3, 0.4) is 0 Å². The molecule has 3 amide bonds. The number of thiophene rings is 1. The number of ether oxygens (including phenoxy) is 2. The van der Waals surface area contributed by atoms with Gasteiger partial charge in [0.05, 0.1) is 40.3 Å². The molecule has 4 rings (SSSR count). The average Bonchev–Trinajstić information content (AvgIpc) is 3.32. The molecule has 1 aromatic heterocycles. The van der Waals surface area contributed by atoms with Crippen molar-refractivity contribution in [2.75, 3.05) is 42.6 Å². The van der Waals surface area contributed by atoms with E-state index in [-0.39, 0.29) is 43.7 Å². The summed E-state index contributed by atoms with van der Waals surface area (Å²) in [4.78, 5) is 39.3. The second-order valence-electron chi connectivity index (χ2n) is 6.66. The highest BCUT2D eigenvalue weighted by molar-refractivity contribution is 7.18. The van der Waals surface area contributed by atoms with E-state index in [2.05, 4.69) is 5.32 Å².